The Bertz CT molecular complexity index is 542. The van der Waals surface area contributed by atoms with Crippen molar-refractivity contribution in [2.75, 3.05) is 0 Å². The van der Waals surface area contributed by atoms with Crippen molar-refractivity contribution in [3.8, 4) is 0 Å². The standard InChI is InChI=1S/C12H15N3O/c1-8-4-5-10(6-13-9(2)16)12-11(8)7-15(3)14-12/h4-5,7H,6H2,1-3H3,(H,13,16). The Morgan fingerprint density at radius 2 is 2.25 bits per heavy atom. The van der Waals surface area contributed by atoms with Crippen LogP contribution in [0.15, 0.2) is 18.3 Å². The van der Waals surface area contributed by atoms with E-state index in [-0.39, 0.29) is 5.91 Å². The maximum atomic E-state index is 10.9. The van der Waals surface area contributed by atoms with Crippen molar-refractivity contribution in [1.82, 2.24) is 15.1 Å². The highest BCUT2D eigenvalue weighted by Gasteiger charge is 2.07. The van der Waals surface area contributed by atoms with Crippen LogP contribution in [0.2, 0.25) is 0 Å². The summed E-state index contributed by atoms with van der Waals surface area (Å²) in [5, 5.41) is 8.36. The number of hydrogen-bond donors (Lipinski definition) is 1. The molecule has 0 aliphatic rings. The van der Waals surface area contributed by atoms with Gasteiger partial charge in [0.25, 0.3) is 0 Å². The molecule has 1 aromatic carbocycles. The highest BCUT2D eigenvalue weighted by molar-refractivity contribution is 5.85. The second kappa shape index (κ2) is 3.96. The van der Waals surface area contributed by atoms with Gasteiger partial charge >= 0.3 is 0 Å². The number of fused-ring (bicyclic) bond motifs is 1. The fourth-order valence-electron chi connectivity index (χ4n) is 1.77. The third-order valence-electron chi connectivity index (χ3n) is 2.62. The Labute approximate surface area is 94.3 Å². The van der Waals surface area contributed by atoms with Gasteiger partial charge in [-0.3, -0.25) is 9.48 Å². The maximum absolute atomic E-state index is 10.9. The van der Waals surface area contributed by atoms with E-state index in [4.69, 9.17) is 0 Å². The lowest BCUT2D eigenvalue weighted by Crippen LogP contribution is -2.19. The van der Waals surface area contributed by atoms with Crippen LogP contribution in [0.25, 0.3) is 10.9 Å². The first-order chi connectivity index (χ1) is 7.58. The molecule has 1 amide bonds. The Kier molecular flexibility index (Phi) is 2.64. The molecule has 0 atom stereocenters. The molecule has 1 heterocycles. The molecule has 84 valence electrons. The highest BCUT2D eigenvalue weighted by atomic mass is 16.1. The average Bonchev–Trinajstić information content (AvgIpc) is 2.59. The minimum Gasteiger partial charge on any atom is -0.352 e. The molecule has 0 aliphatic carbocycles. The predicted octanol–water partition coefficient (Wildman–Crippen LogP) is 1.52. The van der Waals surface area contributed by atoms with Gasteiger partial charge in [0.2, 0.25) is 5.91 Å². The number of aryl methyl sites for hydroxylation is 2. The van der Waals surface area contributed by atoms with Crippen molar-refractivity contribution in [1.29, 1.82) is 0 Å². The van der Waals surface area contributed by atoms with E-state index < -0.39 is 0 Å². The van der Waals surface area contributed by atoms with Gasteiger partial charge in [0, 0.05) is 32.1 Å². The number of nitrogens with zero attached hydrogens (tertiary/aromatic N) is 2. The molecular formula is C12H15N3O. The number of rotatable bonds is 2. The number of amides is 1. The van der Waals surface area contributed by atoms with Crippen molar-refractivity contribution in [2.24, 2.45) is 7.05 Å². The summed E-state index contributed by atoms with van der Waals surface area (Å²) in [6.45, 7) is 4.11. The average molecular weight is 217 g/mol. The lowest BCUT2D eigenvalue weighted by atomic mass is 10.1. The summed E-state index contributed by atoms with van der Waals surface area (Å²) in [6, 6.07) is 4.07. The lowest BCUT2D eigenvalue weighted by molar-refractivity contribution is -0.119. The Morgan fingerprint density at radius 1 is 1.50 bits per heavy atom. The quantitative estimate of drug-likeness (QED) is 0.829. The molecule has 0 saturated heterocycles. The van der Waals surface area contributed by atoms with Crippen LogP contribution in [0, 0.1) is 6.92 Å². The van der Waals surface area contributed by atoms with E-state index >= 15 is 0 Å². The summed E-state index contributed by atoms with van der Waals surface area (Å²) in [5.41, 5.74) is 3.22. The van der Waals surface area contributed by atoms with Crippen LogP contribution in [-0.4, -0.2) is 15.7 Å². The zero-order valence-electron chi connectivity index (χ0n) is 9.74. The van der Waals surface area contributed by atoms with Gasteiger partial charge in [0.1, 0.15) is 0 Å². The molecule has 1 aromatic heterocycles. The normalized spacial score (nSPS) is 10.7. The van der Waals surface area contributed by atoms with Gasteiger partial charge in [0.05, 0.1) is 5.52 Å². The van der Waals surface area contributed by atoms with Crippen molar-refractivity contribution in [3.05, 3.63) is 29.5 Å². The second-order valence-electron chi connectivity index (χ2n) is 4.02. The Hall–Kier alpha value is -1.84. The van der Waals surface area contributed by atoms with E-state index in [9.17, 15) is 4.79 Å². The van der Waals surface area contributed by atoms with Gasteiger partial charge in [0.15, 0.2) is 0 Å². The van der Waals surface area contributed by atoms with Crippen molar-refractivity contribution in [2.45, 2.75) is 20.4 Å². The molecule has 0 aliphatic heterocycles. The molecule has 4 nitrogen and oxygen atoms in total. The number of benzene rings is 1. The first-order valence-electron chi connectivity index (χ1n) is 5.24. The fourth-order valence-corrected chi connectivity index (χ4v) is 1.77. The molecular weight excluding hydrogens is 202 g/mol. The van der Waals surface area contributed by atoms with Crippen LogP contribution >= 0.6 is 0 Å². The molecule has 0 bridgehead atoms. The van der Waals surface area contributed by atoms with Gasteiger partial charge in [-0.2, -0.15) is 5.10 Å². The number of hydrogen-bond acceptors (Lipinski definition) is 2. The molecule has 2 rings (SSSR count). The van der Waals surface area contributed by atoms with Crippen LogP contribution < -0.4 is 5.32 Å². The van der Waals surface area contributed by atoms with Gasteiger partial charge in [-0.05, 0) is 18.1 Å². The summed E-state index contributed by atoms with van der Waals surface area (Å²) in [5.74, 6) is -0.0235. The van der Waals surface area contributed by atoms with Crippen molar-refractivity contribution >= 4 is 16.8 Å². The van der Waals surface area contributed by atoms with Gasteiger partial charge < -0.3 is 5.32 Å². The van der Waals surface area contributed by atoms with Crippen LogP contribution in [0.5, 0.6) is 0 Å². The summed E-state index contributed by atoms with van der Waals surface area (Å²) >= 11 is 0. The summed E-state index contributed by atoms with van der Waals surface area (Å²) in [7, 11) is 1.90. The van der Waals surface area contributed by atoms with E-state index in [0.29, 0.717) is 6.54 Å². The Morgan fingerprint density at radius 3 is 2.94 bits per heavy atom. The van der Waals surface area contributed by atoms with Crippen LogP contribution in [0.1, 0.15) is 18.1 Å². The first kappa shape index (κ1) is 10.7. The summed E-state index contributed by atoms with van der Waals surface area (Å²) < 4.78 is 1.80. The van der Waals surface area contributed by atoms with Gasteiger partial charge in [-0.25, -0.2) is 0 Å². The van der Waals surface area contributed by atoms with E-state index in [2.05, 4.69) is 23.4 Å². The molecule has 16 heavy (non-hydrogen) atoms. The van der Waals surface area contributed by atoms with Gasteiger partial charge in [-0.1, -0.05) is 12.1 Å². The monoisotopic (exact) mass is 217 g/mol. The molecule has 0 spiro atoms. The minimum absolute atomic E-state index is 0.0235. The van der Waals surface area contributed by atoms with E-state index in [1.165, 1.54) is 12.5 Å². The van der Waals surface area contributed by atoms with Crippen LogP contribution in [-0.2, 0) is 18.4 Å². The third-order valence-corrected chi connectivity index (χ3v) is 2.62. The first-order valence-corrected chi connectivity index (χ1v) is 5.24. The molecule has 0 radical (unpaired) electrons. The van der Waals surface area contributed by atoms with Crippen LogP contribution in [0.4, 0.5) is 0 Å². The van der Waals surface area contributed by atoms with Crippen molar-refractivity contribution < 1.29 is 4.79 Å². The SMILES string of the molecule is CC(=O)NCc1ccc(C)c2cn(C)nc12. The summed E-state index contributed by atoms with van der Waals surface area (Å²) in [6.07, 6.45) is 2.00. The zero-order chi connectivity index (χ0) is 11.7. The van der Waals surface area contributed by atoms with Crippen LogP contribution in [0.3, 0.4) is 0 Å². The smallest absolute Gasteiger partial charge is 0.217 e. The number of carbonyl (C=O) groups is 1. The Balaban J connectivity index is 2.45. The van der Waals surface area contributed by atoms with E-state index in [1.807, 2.05) is 19.3 Å². The third kappa shape index (κ3) is 1.91. The number of nitrogens with one attached hydrogen (secondary N) is 1. The van der Waals surface area contributed by atoms with E-state index in [1.54, 1.807) is 4.68 Å². The van der Waals surface area contributed by atoms with Gasteiger partial charge in [-0.15, -0.1) is 0 Å². The second-order valence-corrected chi connectivity index (χ2v) is 4.02. The lowest BCUT2D eigenvalue weighted by Gasteiger charge is -2.04. The highest BCUT2D eigenvalue weighted by Crippen LogP contribution is 2.20. The molecule has 0 unspecified atom stereocenters. The molecule has 4 heteroatoms. The topological polar surface area (TPSA) is 46.9 Å². The largest absolute Gasteiger partial charge is 0.352 e. The maximum Gasteiger partial charge on any atom is 0.217 e. The predicted molar refractivity (Wildman–Crippen MR) is 63.0 cm³/mol. The fraction of sp³-hybridized carbons (Fsp3) is 0.333. The summed E-state index contributed by atoms with van der Waals surface area (Å²) in [4.78, 5) is 10.9. The van der Waals surface area contributed by atoms with Crippen molar-refractivity contribution in [3.63, 3.8) is 0 Å². The molecule has 0 saturated carbocycles. The number of carbonyl (C=O) groups excluding carboxylic acids is 1. The minimum atomic E-state index is -0.0235. The number of aromatic nitrogens is 2. The molecule has 1 N–H and O–H groups in total. The zero-order valence-corrected chi connectivity index (χ0v) is 9.74. The molecule has 2 aromatic rings. The van der Waals surface area contributed by atoms with E-state index in [0.717, 1.165) is 16.5 Å². The molecule has 0 fully saturated rings.